The van der Waals surface area contributed by atoms with Gasteiger partial charge in [-0.15, -0.1) is 0 Å². The molecule has 0 bridgehead atoms. The molecule has 0 aliphatic rings. The van der Waals surface area contributed by atoms with Gasteiger partial charge in [-0.05, 0) is 18.6 Å². The van der Waals surface area contributed by atoms with E-state index in [9.17, 15) is 9.90 Å². The minimum atomic E-state index is -0.644. The molecule has 1 aromatic carbocycles. The summed E-state index contributed by atoms with van der Waals surface area (Å²) in [5, 5.41) is 20.6. The van der Waals surface area contributed by atoms with Gasteiger partial charge in [0.15, 0.2) is 5.65 Å². The van der Waals surface area contributed by atoms with Crippen LogP contribution in [0.3, 0.4) is 0 Å². The first kappa shape index (κ1) is 16.9. The monoisotopic (exact) mass is 339 g/mol. The summed E-state index contributed by atoms with van der Waals surface area (Å²) in [6.07, 6.45) is 1.43. The third-order valence-electron chi connectivity index (χ3n) is 3.93. The first-order chi connectivity index (χ1) is 12.0. The molecule has 0 spiro atoms. The first-order valence-electron chi connectivity index (χ1n) is 8.09. The SMILES string of the molecule is Cc1nn(C)c2ncc(NC(=O)NCC(O)Cc3ccccc3)cc12. The molecule has 2 amide bonds. The Hall–Kier alpha value is -2.93. The van der Waals surface area contributed by atoms with E-state index in [1.807, 2.05) is 50.4 Å². The molecule has 2 aromatic heterocycles. The number of benzene rings is 1. The highest BCUT2D eigenvalue weighted by Gasteiger charge is 2.10. The number of nitrogens with one attached hydrogen (secondary N) is 2. The minimum absolute atomic E-state index is 0.169. The molecule has 0 radical (unpaired) electrons. The Labute approximate surface area is 145 Å². The van der Waals surface area contributed by atoms with Gasteiger partial charge in [-0.2, -0.15) is 5.10 Å². The summed E-state index contributed by atoms with van der Waals surface area (Å²) in [5.41, 5.74) is 3.23. The fourth-order valence-corrected chi connectivity index (χ4v) is 2.72. The van der Waals surface area contributed by atoms with Crippen molar-refractivity contribution in [2.45, 2.75) is 19.4 Å². The Bertz CT molecular complexity index is 876. The molecule has 3 rings (SSSR count). The molecule has 0 saturated heterocycles. The predicted octanol–water partition coefficient (Wildman–Crippen LogP) is 2.00. The molecule has 25 heavy (non-hydrogen) atoms. The van der Waals surface area contributed by atoms with Crippen molar-refractivity contribution in [3.8, 4) is 0 Å². The maximum absolute atomic E-state index is 12.0. The van der Waals surface area contributed by atoms with Crippen molar-refractivity contribution in [2.24, 2.45) is 7.05 Å². The van der Waals surface area contributed by atoms with Crippen LogP contribution in [-0.2, 0) is 13.5 Å². The van der Waals surface area contributed by atoms with Crippen LogP contribution in [0, 0.1) is 6.92 Å². The van der Waals surface area contributed by atoms with Crippen molar-refractivity contribution in [1.29, 1.82) is 0 Å². The van der Waals surface area contributed by atoms with Gasteiger partial charge in [0, 0.05) is 25.4 Å². The van der Waals surface area contributed by atoms with Gasteiger partial charge in [-0.25, -0.2) is 9.78 Å². The van der Waals surface area contributed by atoms with Crippen molar-refractivity contribution in [3.05, 3.63) is 53.9 Å². The molecule has 1 unspecified atom stereocenters. The van der Waals surface area contributed by atoms with E-state index in [1.165, 1.54) is 0 Å². The number of aliphatic hydroxyl groups is 1. The molecular formula is C18H21N5O2. The molecule has 0 aliphatic heterocycles. The highest BCUT2D eigenvalue weighted by molar-refractivity contribution is 5.92. The Morgan fingerprint density at radius 1 is 1.32 bits per heavy atom. The fraction of sp³-hybridized carbons (Fsp3) is 0.278. The van der Waals surface area contributed by atoms with Crippen LogP contribution in [0.1, 0.15) is 11.3 Å². The second-order valence-electron chi connectivity index (χ2n) is 5.98. The topological polar surface area (TPSA) is 92.1 Å². The van der Waals surface area contributed by atoms with Crippen LogP contribution in [0.15, 0.2) is 42.6 Å². The van der Waals surface area contributed by atoms with E-state index in [-0.39, 0.29) is 12.6 Å². The van der Waals surface area contributed by atoms with Crippen LogP contribution in [0.4, 0.5) is 10.5 Å². The maximum Gasteiger partial charge on any atom is 0.319 e. The van der Waals surface area contributed by atoms with Crippen molar-refractivity contribution >= 4 is 22.8 Å². The van der Waals surface area contributed by atoms with E-state index in [1.54, 1.807) is 10.9 Å². The average Bonchev–Trinajstić information content (AvgIpc) is 2.88. The molecule has 7 heteroatoms. The lowest BCUT2D eigenvalue weighted by atomic mass is 10.1. The molecular weight excluding hydrogens is 318 g/mol. The molecule has 1 atom stereocenters. The predicted molar refractivity (Wildman–Crippen MR) is 96.4 cm³/mol. The van der Waals surface area contributed by atoms with Gasteiger partial charge < -0.3 is 15.7 Å². The number of urea groups is 1. The molecule has 2 heterocycles. The van der Waals surface area contributed by atoms with E-state index in [0.29, 0.717) is 12.1 Å². The van der Waals surface area contributed by atoms with Gasteiger partial charge >= 0.3 is 6.03 Å². The zero-order valence-corrected chi connectivity index (χ0v) is 14.2. The van der Waals surface area contributed by atoms with Gasteiger partial charge in [-0.1, -0.05) is 30.3 Å². The highest BCUT2D eigenvalue weighted by Crippen LogP contribution is 2.19. The van der Waals surface area contributed by atoms with E-state index in [4.69, 9.17) is 0 Å². The van der Waals surface area contributed by atoms with Crippen molar-refractivity contribution < 1.29 is 9.90 Å². The number of fused-ring (bicyclic) bond motifs is 1. The standard InChI is InChI=1S/C18H21N5O2/c1-12-16-9-14(10-19-17(16)23(2)22-12)21-18(25)20-11-15(24)8-13-6-4-3-5-7-13/h3-7,9-10,15,24H,8,11H2,1-2H3,(H2,20,21,25). The summed E-state index contributed by atoms with van der Waals surface area (Å²) >= 11 is 0. The third kappa shape index (κ3) is 4.13. The van der Waals surface area contributed by atoms with Crippen molar-refractivity contribution in [1.82, 2.24) is 20.1 Å². The number of carbonyl (C=O) groups excluding carboxylic acids is 1. The first-order valence-corrected chi connectivity index (χ1v) is 8.09. The van der Waals surface area contributed by atoms with Crippen LogP contribution in [0.5, 0.6) is 0 Å². The Kier molecular flexibility index (Phi) is 4.95. The zero-order chi connectivity index (χ0) is 17.8. The minimum Gasteiger partial charge on any atom is -0.391 e. The second-order valence-corrected chi connectivity index (χ2v) is 5.98. The maximum atomic E-state index is 12.0. The number of pyridine rings is 1. The van der Waals surface area contributed by atoms with Gasteiger partial charge in [0.2, 0.25) is 0 Å². The molecule has 7 nitrogen and oxygen atoms in total. The van der Waals surface area contributed by atoms with Crippen molar-refractivity contribution in [2.75, 3.05) is 11.9 Å². The zero-order valence-electron chi connectivity index (χ0n) is 14.2. The quantitative estimate of drug-likeness (QED) is 0.663. The van der Waals surface area contributed by atoms with Crippen LogP contribution in [-0.4, -0.2) is 38.6 Å². The number of hydrogen-bond acceptors (Lipinski definition) is 4. The number of rotatable bonds is 5. The number of hydrogen-bond donors (Lipinski definition) is 3. The number of amides is 2. The molecule has 130 valence electrons. The summed E-state index contributed by atoms with van der Waals surface area (Å²) in [7, 11) is 1.83. The van der Waals surface area contributed by atoms with Gasteiger partial charge in [0.1, 0.15) is 0 Å². The fourth-order valence-electron chi connectivity index (χ4n) is 2.72. The van der Waals surface area contributed by atoms with E-state index in [2.05, 4.69) is 20.7 Å². The highest BCUT2D eigenvalue weighted by atomic mass is 16.3. The number of aryl methyl sites for hydroxylation is 2. The Morgan fingerprint density at radius 3 is 2.84 bits per heavy atom. The Balaban J connectivity index is 1.54. The Morgan fingerprint density at radius 2 is 2.08 bits per heavy atom. The molecule has 0 aliphatic carbocycles. The lowest BCUT2D eigenvalue weighted by Gasteiger charge is -2.12. The lowest BCUT2D eigenvalue weighted by Crippen LogP contribution is -2.36. The number of anilines is 1. The number of carbonyl (C=O) groups is 1. The average molecular weight is 339 g/mol. The molecule has 3 aromatic rings. The number of aliphatic hydroxyl groups excluding tert-OH is 1. The van der Waals surface area contributed by atoms with Crippen LogP contribution in [0.25, 0.3) is 11.0 Å². The summed E-state index contributed by atoms with van der Waals surface area (Å²) < 4.78 is 1.70. The molecule has 0 fully saturated rings. The van der Waals surface area contributed by atoms with Crippen LogP contribution in [0.2, 0.25) is 0 Å². The summed E-state index contributed by atoms with van der Waals surface area (Å²) in [6.45, 7) is 2.07. The van der Waals surface area contributed by atoms with Gasteiger partial charge in [0.05, 0.1) is 23.7 Å². The van der Waals surface area contributed by atoms with Gasteiger partial charge in [0.25, 0.3) is 0 Å². The van der Waals surface area contributed by atoms with E-state index < -0.39 is 6.10 Å². The van der Waals surface area contributed by atoms with E-state index in [0.717, 1.165) is 22.3 Å². The second kappa shape index (κ2) is 7.31. The van der Waals surface area contributed by atoms with E-state index >= 15 is 0 Å². The lowest BCUT2D eigenvalue weighted by molar-refractivity contribution is 0.172. The normalized spacial score (nSPS) is 12.1. The molecule has 0 saturated carbocycles. The third-order valence-corrected chi connectivity index (χ3v) is 3.93. The smallest absolute Gasteiger partial charge is 0.319 e. The number of nitrogens with zero attached hydrogens (tertiary/aromatic N) is 3. The molecule has 3 N–H and O–H groups in total. The van der Waals surface area contributed by atoms with Gasteiger partial charge in [-0.3, -0.25) is 4.68 Å². The summed E-state index contributed by atoms with van der Waals surface area (Å²) in [6, 6.07) is 11.1. The summed E-state index contributed by atoms with van der Waals surface area (Å²) in [4.78, 5) is 16.3. The summed E-state index contributed by atoms with van der Waals surface area (Å²) in [5.74, 6) is 0. The van der Waals surface area contributed by atoms with Crippen molar-refractivity contribution in [3.63, 3.8) is 0 Å². The largest absolute Gasteiger partial charge is 0.391 e. The number of aromatic nitrogens is 3. The van der Waals surface area contributed by atoms with Crippen LogP contribution < -0.4 is 10.6 Å². The van der Waals surface area contributed by atoms with Crippen LogP contribution >= 0.6 is 0 Å².